The lowest BCUT2D eigenvalue weighted by molar-refractivity contribution is -0.143. The van der Waals surface area contributed by atoms with E-state index in [1.807, 2.05) is 0 Å². The predicted octanol–water partition coefficient (Wildman–Crippen LogP) is 2.50. The molecule has 0 aromatic carbocycles. The Morgan fingerprint density at radius 2 is 1.92 bits per heavy atom. The Balaban J connectivity index is 3.53. The van der Waals surface area contributed by atoms with E-state index in [-0.39, 0.29) is 5.38 Å². The van der Waals surface area contributed by atoms with Gasteiger partial charge in [-0.25, -0.2) is 0 Å². The van der Waals surface area contributed by atoms with E-state index in [2.05, 4.69) is 0 Å². The maximum atomic E-state index is 11.8. The average molecular weight is 204 g/mol. The lowest BCUT2D eigenvalue weighted by Gasteiger charge is -2.18. The van der Waals surface area contributed by atoms with Gasteiger partial charge < -0.3 is 0 Å². The summed E-state index contributed by atoms with van der Waals surface area (Å²) in [6.45, 7) is 1.28. The molecule has 0 bridgehead atoms. The molecule has 0 aromatic heterocycles. The van der Waals surface area contributed by atoms with Crippen LogP contribution in [-0.4, -0.2) is 36.6 Å². The number of hydrogen-bond donors (Lipinski definition) is 0. The smallest absolute Gasteiger partial charge is 0.298 e. The Labute approximate surface area is 75.5 Å². The molecule has 5 heteroatoms. The summed E-state index contributed by atoms with van der Waals surface area (Å²) in [5.41, 5.74) is 0. The van der Waals surface area contributed by atoms with Gasteiger partial charge >= 0.3 is 6.18 Å². The van der Waals surface area contributed by atoms with Gasteiger partial charge in [0.25, 0.3) is 0 Å². The van der Waals surface area contributed by atoms with Crippen LogP contribution in [0.5, 0.6) is 0 Å². The van der Waals surface area contributed by atoms with Crippen LogP contribution in [0, 0.1) is 0 Å². The van der Waals surface area contributed by atoms with Crippen LogP contribution in [0.4, 0.5) is 13.2 Å². The van der Waals surface area contributed by atoms with Crippen molar-refractivity contribution in [2.75, 3.05) is 20.1 Å². The summed E-state index contributed by atoms with van der Waals surface area (Å²) in [5, 5.41) is -0.0688. The third-order valence-electron chi connectivity index (χ3n) is 1.36. The van der Waals surface area contributed by atoms with Crippen LogP contribution in [0.25, 0.3) is 0 Å². The first-order valence-electron chi connectivity index (χ1n) is 3.70. The molecule has 12 heavy (non-hydrogen) atoms. The minimum atomic E-state index is -4.11. The first-order valence-corrected chi connectivity index (χ1v) is 4.14. The van der Waals surface area contributed by atoms with E-state index >= 15 is 0 Å². The largest absolute Gasteiger partial charge is 0.401 e. The summed E-state index contributed by atoms with van der Waals surface area (Å²) in [6.07, 6.45) is -3.53. The fraction of sp³-hybridized carbons (Fsp3) is 1.00. The molecule has 0 aliphatic heterocycles. The highest BCUT2D eigenvalue weighted by Gasteiger charge is 2.28. The molecule has 0 N–H and O–H groups in total. The molecule has 0 radical (unpaired) electrons. The zero-order valence-electron chi connectivity index (χ0n) is 7.16. The lowest BCUT2D eigenvalue weighted by Crippen LogP contribution is -2.32. The van der Waals surface area contributed by atoms with Crippen molar-refractivity contribution in [3.8, 4) is 0 Å². The van der Waals surface area contributed by atoms with Crippen molar-refractivity contribution >= 4 is 11.6 Å². The summed E-state index contributed by atoms with van der Waals surface area (Å²) in [5.74, 6) is 0. The molecule has 0 spiro atoms. The van der Waals surface area contributed by atoms with Crippen LogP contribution in [0.2, 0.25) is 0 Å². The molecule has 0 rings (SSSR count). The molecule has 1 unspecified atom stereocenters. The fourth-order valence-corrected chi connectivity index (χ4v) is 0.881. The van der Waals surface area contributed by atoms with Crippen molar-refractivity contribution in [3.05, 3.63) is 0 Å². The van der Waals surface area contributed by atoms with Crippen molar-refractivity contribution < 1.29 is 13.2 Å². The number of halogens is 4. The Morgan fingerprint density at radius 1 is 1.42 bits per heavy atom. The van der Waals surface area contributed by atoms with E-state index in [4.69, 9.17) is 11.6 Å². The first-order chi connectivity index (χ1) is 5.31. The van der Waals surface area contributed by atoms with Crippen molar-refractivity contribution in [2.24, 2.45) is 0 Å². The normalized spacial score (nSPS) is 15.2. The molecular weight excluding hydrogens is 191 g/mol. The summed E-state index contributed by atoms with van der Waals surface area (Å²) < 4.78 is 35.3. The molecule has 74 valence electrons. The zero-order chi connectivity index (χ0) is 9.78. The monoisotopic (exact) mass is 203 g/mol. The van der Waals surface area contributed by atoms with Gasteiger partial charge in [-0.2, -0.15) is 13.2 Å². The second-order valence-electron chi connectivity index (χ2n) is 2.92. The van der Waals surface area contributed by atoms with Gasteiger partial charge in [0.15, 0.2) is 0 Å². The first kappa shape index (κ1) is 12.0. The molecule has 0 heterocycles. The summed E-state index contributed by atoms with van der Waals surface area (Å²) in [7, 11) is 1.44. The number of rotatable bonds is 4. The zero-order valence-corrected chi connectivity index (χ0v) is 7.91. The Kier molecular flexibility index (Phi) is 4.94. The number of hydrogen-bond acceptors (Lipinski definition) is 1. The molecule has 0 saturated carbocycles. The fourth-order valence-electron chi connectivity index (χ4n) is 0.783. The third kappa shape index (κ3) is 8.14. The van der Waals surface area contributed by atoms with Gasteiger partial charge in [-0.05, 0) is 26.9 Å². The van der Waals surface area contributed by atoms with Gasteiger partial charge in [0.2, 0.25) is 0 Å². The molecule has 0 fully saturated rings. The van der Waals surface area contributed by atoms with Crippen LogP contribution >= 0.6 is 11.6 Å². The summed E-state index contributed by atoms with van der Waals surface area (Å²) in [6, 6.07) is 0. The molecule has 0 aliphatic carbocycles. The maximum absolute atomic E-state index is 11.8. The highest BCUT2D eigenvalue weighted by atomic mass is 35.5. The molecule has 0 aliphatic rings. The second-order valence-corrected chi connectivity index (χ2v) is 3.67. The quantitative estimate of drug-likeness (QED) is 0.635. The minimum absolute atomic E-state index is 0.0688. The van der Waals surface area contributed by atoms with Gasteiger partial charge in [-0.15, -0.1) is 11.6 Å². The van der Waals surface area contributed by atoms with Gasteiger partial charge in [-0.3, -0.25) is 4.90 Å². The van der Waals surface area contributed by atoms with Gasteiger partial charge in [0, 0.05) is 5.38 Å². The van der Waals surface area contributed by atoms with E-state index in [0.717, 1.165) is 0 Å². The van der Waals surface area contributed by atoms with Crippen LogP contribution in [0.3, 0.4) is 0 Å². The average Bonchev–Trinajstić information content (AvgIpc) is 1.79. The highest BCUT2D eigenvalue weighted by molar-refractivity contribution is 6.20. The van der Waals surface area contributed by atoms with Crippen LogP contribution in [-0.2, 0) is 0 Å². The number of alkyl halides is 4. The molecule has 0 aromatic rings. The van der Waals surface area contributed by atoms with Crippen molar-refractivity contribution in [2.45, 2.75) is 24.9 Å². The molecule has 1 atom stereocenters. The molecular formula is C7H13ClF3N. The van der Waals surface area contributed by atoms with Crippen LogP contribution in [0.15, 0.2) is 0 Å². The van der Waals surface area contributed by atoms with E-state index in [9.17, 15) is 13.2 Å². The standard InChI is InChI=1S/C7H13ClF3N/c1-6(8)3-4-12(2)5-7(9,10)11/h6H,3-5H2,1-2H3. The minimum Gasteiger partial charge on any atom is -0.298 e. The van der Waals surface area contributed by atoms with Crippen molar-refractivity contribution in [1.29, 1.82) is 0 Å². The third-order valence-corrected chi connectivity index (χ3v) is 1.58. The van der Waals surface area contributed by atoms with Crippen molar-refractivity contribution in [3.63, 3.8) is 0 Å². The van der Waals surface area contributed by atoms with Gasteiger partial charge in [0.05, 0.1) is 6.54 Å². The Morgan fingerprint density at radius 3 is 2.25 bits per heavy atom. The van der Waals surface area contributed by atoms with E-state index < -0.39 is 12.7 Å². The Bertz CT molecular complexity index is 124. The van der Waals surface area contributed by atoms with Gasteiger partial charge in [-0.1, -0.05) is 0 Å². The lowest BCUT2D eigenvalue weighted by atomic mass is 10.3. The van der Waals surface area contributed by atoms with Gasteiger partial charge in [0.1, 0.15) is 0 Å². The summed E-state index contributed by atoms with van der Waals surface area (Å²) >= 11 is 5.59. The van der Waals surface area contributed by atoms with Crippen LogP contribution < -0.4 is 0 Å². The predicted molar refractivity (Wildman–Crippen MR) is 43.5 cm³/mol. The van der Waals surface area contributed by atoms with Crippen molar-refractivity contribution in [1.82, 2.24) is 4.90 Å². The SMILES string of the molecule is CC(Cl)CCN(C)CC(F)(F)F. The summed E-state index contributed by atoms with van der Waals surface area (Å²) in [4.78, 5) is 1.22. The van der Waals surface area contributed by atoms with E-state index in [1.165, 1.54) is 11.9 Å². The molecule has 0 saturated heterocycles. The van der Waals surface area contributed by atoms with Crippen LogP contribution in [0.1, 0.15) is 13.3 Å². The highest BCUT2D eigenvalue weighted by Crippen LogP contribution is 2.15. The van der Waals surface area contributed by atoms with E-state index in [0.29, 0.717) is 13.0 Å². The molecule has 0 amide bonds. The molecule has 1 nitrogen and oxygen atoms in total. The Hall–Kier alpha value is 0.0400. The second kappa shape index (κ2) is 4.92. The topological polar surface area (TPSA) is 3.24 Å². The number of nitrogens with zero attached hydrogens (tertiary/aromatic N) is 1. The maximum Gasteiger partial charge on any atom is 0.401 e. The van der Waals surface area contributed by atoms with E-state index in [1.54, 1.807) is 6.92 Å².